The number of hydrogen-bond acceptors (Lipinski definition) is 5. The lowest BCUT2D eigenvalue weighted by Crippen LogP contribution is -2.47. The number of para-hydroxylation sites is 1. The average Bonchev–Trinajstić information content (AvgIpc) is 2.70. The Bertz CT molecular complexity index is 797. The largest absolute Gasteiger partial charge is 0.496 e. The number of amides is 2. The van der Waals surface area contributed by atoms with E-state index in [0.717, 1.165) is 0 Å². The molecule has 1 unspecified atom stereocenters. The quantitative estimate of drug-likeness (QED) is 0.577. The van der Waals surface area contributed by atoms with Crippen LogP contribution in [0.2, 0.25) is 0 Å². The van der Waals surface area contributed by atoms with Gasteiger partial charge in [0.15, 0.2) is 0 Å². The Morgan fingerprint density at radius 1 is 1.07 bits per heavy atom. The first kappa shape index (κ1) is 24.3. The Labute approximate surface area is 177 Å². The van der Waals surface area contributed by atoms with E-state index in [1.165, 1.54) is 7.11 Å². The third-order valence-corrected chi connectivity index (χ3v) is 4.10. The molecule has 2 aromatic rings. The number of methoxy groups -OCH3 is 1. The second kappa shape index (κ2) is 11.9. The Kier molecular flexibility index (Phi) is 9.99. The number of ether oxygens (including phenoxy) is 2. The summed E-state index contributed by atoms with van der Waals surface area (Å²) >= 11 is 0. The summed E-state index contributed by atoms with van der Waals surface area (Å²) in [6.45, 7) is 4.60. The number of hydrogen-bond donors (Lipinski definition) is 3. The molecule has 29 heavy (non-hydrogen) atoms. The molecule has 2 aromatic carbocycles. The van der Waals surface area contributed by atoms with Crippen LogP contribution in [0.15, 0.2) is 48.5 Å². The summed E-state index contributed by atoms with van der Waals surface area (Å²) in [6.07, 6.45) is 0. The van der Waals surface area contributed by atoms with Crippen LogP contribution in [0.25, 0.3) is 0 Å². The molecule has 7 nitrogen and oxygen atoms in total. The molecule has 0 aromatic heterocycles. The van der Waals surface area contributed by atoms with Crippen LogP contribution in [0.3, 0.4) is 0 Å². The standard InChI is InChI=1S/C21H27N3O4.ClH/c1-14(2)19(24-20(25)17-6-4-5-7-18(17)27-3)21(26)23-15-8-10-16(11-9-15)28-13-12-22;/h4-11,14,19H,12-13,22H2,1-3H3,(H,23,26)(H,24,25);1H. The zero-order valence-corrected chi connectivity index (χ0v) is 17.6. The summed E-state index contributed by atoms with van der Waals surface area (Å²) < 4.78 is 10.6. The fourth-order valence-electron chi connectivity index (χ4n) is 2.62. The van der Waals surface area contributed by atoms with Crippen molar-refractivity contribution in [2.75, 3.05) is 25.6 Å². The van der Waals surface area contributed by atoms with Crippen LogP contribution in [-0.2, 0) is 4.79 Å². The number of nitrogens with one attached hydrogen (secondary N) is 2. The molecule has 2 amide bonds. The molecule has 0 bridgehead atoms. The Morgan fingerprint density at radius 2 is 1.72 bits per heavy atom. The average molecular weight is 422 g/mol. The molecule has 0 aliphatic carbocycles. The van der Waals surface area contributed by atoms with Gasteiger partial charge in [0.1, 0.15) is 24.1 Å². The van der Waals surface area contributed by atoms with E-state index in [-0.39, 0.29) is 30.1 Å². The molecule has 158 valence electrons. The summed E-state index contributed by atoms with van der Waals surface area (Å²) in [6, 6.07) is 13.2. The minimum Gasteiger partial charge on any atom is -0.496 e. The van der Waals surface area contributed by atoms with Gasteiger partial charge in [-0.25, -0.2) is 0 Å². The highest BCUT2D eigenvalue weighted by atomic mass is 35.5. The summed E-state index contributed by atoms with van der Waals surface area (Å²) in [4.78, 5) is 25.4. The molecule has 0 aliphatic heterocycles. The van der Waals surface area contributed by atoms with E-state index < -0.39 is 6.04 Å². The highest BCUT2D eigenvalue weighted by molar-refractivity contribution is 6.02. The van der Waals surface area contributed by atoms with Crippen molar-refractivity contribution < 1.29 is 19.1 Å². The third kappa shape index (κ3) is 6.96. The van der Waals surface area contributed by atoms with E-state index in [0.29, 0.717) is 35.9 Å². The second-order valence-electron chi connectivity index (χ2n) is 6.55. The molecule has 0 spiro atoms. The van der Waals surface area contributed by atoms with Crippen LogP contribution < -0.4 is 25.8 Å². The molecular formula is C21H28ClN3O4. The molecule has 1 atom stereocenters. The molecule has 0 saturated carbocycles. The van der Waals surface area contributed by atoms with Gasteiger partial charge in [0.2, 0.25) is 5.91 Å². The van der Waals surface area contributed by atoms with Gasteiger partial charge in [0.25, 0.3) is 5.91 Å². The fraction of sp³-hybridized carbons (Fsp3) is 0.333. The van der Waals surface area contributed by atoms with Gasteiger partial charge in [0.05, 0.1) is 12.7 Å². The van der Waals surface area contributed by atoms with E-state index in [2.05, 4.69) is 10.6 Å². The summed E-state index contributed by atoms with van der Waals surface area (Å²) in [5.41, 5.74) is 6.40. The molecular weight excluding hydrogens is 394 g/mol. The maximum Gasteiger partial charge on any atom is 0.255 e. The minimum atomic E-state index is -0.703. The van der Waals surface area contributed by atoms with Gasteiger partial charge in [-0.2, -0.15) is 0 Å². The van der Waals surface area contributed by atoms with Crippen molar-refractivity contribution in [1.82, 2.24) is 5.32 Å². The van der Waals surface area contributed by atoms with Crippen LogP contribution in [0.4, 0.5) is 5.69 Å². The van der Waals surface area contributed by atoms with Crippen LogP contribution in [0, 0.1) is 5.92 Å². The second-order valence-corrected chi connectivity index (χ2v) is 6.55. The molecule has 2 rings (SSSR count). The first-order valence-corrected chi connectivity index (χ1v) is 9.14. The smallest absolute Gasteiger partial charge is 0.255 e. The highest BCUT2D eigenvalue weighted by Crippen LogP contribution is 2.19. The highest BCUT2D eigenvalue weighted by Gasteiger charge is 2.25. The molecule has 4 N–H and O–H groups in total. The van der Waals surface area contributed by atoms with E-state index in [4.69, 9.17) is 15.2 Å². The number of anilines is 1. The van der Waals surface area contributed by atoms with Crippen molar-refractivity contribution in [1.29, 1.82) is 0 Å². The normalized spacial score (nSPS) is 11.2. The van der Waals surface area contributed by atoms with Crippen molar-refractivity contribution in [3.05, 3.63) is 54.1 Å². The number of carbonyl (C=O) groups excluding carboxylic acids is 2. The van der Waals surface area contributed by atoms with Gasteiger partial charge in [-0.3, -0.25) is 9.59 Å². The zero-order valence-electron chi connectivity index (χ0n) is 16.8. The lowest BCUT2D eigenvalue weighted by atomic mass is 10.0. The lowest BCUT2D eigenvalue weighted by molar-refractivity contribution is -0.118. The number of nitrogens with two attached hydrogens (primary N) is 1. The molecule has 0 radical (unpaired) electrons. The van der Waals surface area contributed by atoms with E-state index in [1.54, 1.807) is 48.5 Å². The van der Waals surface area contributed by atoms with E-state index in [9.17, 15) is 9.59 Å². The SMILES string of the molecule is COc1ccccc1C(=O)NC(C(=O)Nc1ccc(OCCN)cc1)C(C)C.Cl. The maximum atomic E-state index is 12.7. The van der Waals surface area contributed by atoms with Crippen molar-refractivity contribution in [2.45, 2.75) is 19.9 Å². The Balaban J connectivity index is 0.00000420. The van der Waals surface area contributed by atoms with Crippen molar-refractivity contribution in [2.24, 2.45) is 11.7 Å². The Hall–Kier alpha value is -2.77. The van der Waals surface area contributed by atoms with E-state index in [1.807, 2.05) is 13.8 Å². The van der Waals surface area contributed by atoms with Crippen molar-refractivity contribution >= 4 is 29.9 Å². The summed E-state index contributed by atoms with van der Waals surface area (Å²) in [7, 11) is 1.50. The number of halogens is 1. The fourth-order valence-corrected chi connectivity index (χ4v) is 2.62. The molecule has 0 saturated heterocycles. The zero-order chi connectivity index (χ0) is 20.5. The number of carbonyl (C=O) groups is 2. The summed E-state index contributed by atoms with van der Waals surface area (Å²) in [5, 5.41) is 5.62. The first-order valence-electron chi connectivity index (χ1n) is 9.14. The van der Waals surface area contributed by atoms with Gasteiger partial charge in [0, 0.05) is 12.2 Å². The van der Waals surface area contributed by atoms with E-state index >= 15 is 0 Å². The van der Waals surface area contributed by atoms with Crippen LogP contribution in [0.1, 0.15) is 24.2 Å². The van der Waals surface area contributed by atoms with Gasteiger partial charge in [-0.15, -0.1) is 12.4 Å². The molecule has 0 heterocycles. The Morgan fingerprint density at radius 3 is 2.31 bits per heavy atom. The first-order chi connectivity index (χ1) is 13.5. The monoisotopic (exact) mass is 421 g/mol. The molecule has 8 heteroatoms. The topological polar surface area (TPSA) is 103 Å². The molecule has 0 aliphatic rings. The number of benzene rings is 2. The predicted molar refractivity (Wildman–Crippen MR) is 116 cm³/mol. The predicted octanol–water partition coefficient (Wildman–Crippen LogP) is 2.85. The van der Waals surface area contributed by atoms with Crippen molar-refractivity contribution in [3.63, 3.8) is 0 Å². The lowest BCUT2D eigenvalue weighted by Gasteiger charge is -2.22. The molecule has 0 fully saturated rings. The third-order valence-electron chi connectivity index (χ3n) is 4.10. The van der Waals surface area contributed by atoms with Crippen molar-refractivity contribution in [3.8, 4) is 11.5 Å². The van der Waals surface area contributed by atoms with Gasteiger partial charge in [-0.05, 0) is 42.3 Å². The van der Waals surface area contributed by atoms with Gasteiger partial charge < -0.3 is 25.8 Å². The van der Waals surface area contributed by atoms with Crippen LogP contribution >= 0.6 is 12.4 Å². The minimum absolute atomic E-state index is 0. The maximum absolute atomic E-state index is 12.7. The van der Waals surface area contributed by atoms with Crippen LogP contribution in [-0.4, -0.2) is 38.1 Å². The van der Waals surface area contributed by atoms with Crippen LogP contribution in [0.5, 0.6) is 11.5 Å². The van der Waals surface area contributed by atoms with Gasteiger partial charge in [-0.1, -0.05) is 26.0 Å². The number of rotatable bonds is 9. The summed E-state index contributed by atoms with van der Waals surface area (Å²) in [5.74, 6) is 0.362. The van der Waals surface area contributed by atoms with Gasteiger partial charge >= 0.3 is 0 Å².